The number of halogens is 7. The van der Waals surface area contributed by atoms with Crippen LogP contribution in [-0.2, 0) is 30.1 Å². The Morgan fingerprint density at radius 3 is 2.24 bits per heavy atom. The molecule has 6 nitrogen and oxygen atoms in total. The highest BCUT2D eigenvalue weighted by molar-refractivity contribution is 5.94. The summed E-state index contributed by atoms with van der Waals surface area (Å²) in [5.74, 6) is -1.14. The summed E-state index contributed by atoms with van der Waals surface area (Å²) in [4.78, 5) is 18.7. The molecule has 42 heavy (non-hydrogen) atoms. The van der Waals surface area contributed by atoms with E-state index in [0.29, 0.717) is 23.7 Å². The van der Waals surface area contributed by atoms with E-state index in [1.165, 1.54) is 25.0 Å². The highest BCUT2D eigenvalue weighted by atomic mass is 19.4. The topological polar surface area (TPSA) is 72.1 Å². The van der Waals surface area contributed by atoms with Gasteiger partial charge in [-0.2, -0.15) is 26.3 Å². The van der Waals surface area contributed by atoms with Crippen LogP contribution in [0.3, 0.4) is 0 Å². The highest BCUT2D eigenvalue weighted by Gasteiger charge is 2.38. The lowest BCUT2D eigenvalue weighted by Gasteiger charge is -2.23. The molecule has 1 saturated carbocycles. The molecule has 0 bridgehead atoms. The summed E-state index contributed by atoms with van der Waals surface area (Å²) in [6.07, 6.45) is -4.81. The van der Waals surface area contributed by atoms with Crippen LogP contribution in [0.5, 0.6) is 0 Å². The Morgan fingerprint density at radius 1 is 0.905 bits per heavy atom. The van der Waals surface area contributed by atoms with Crippen LogP contribution in [0.1, 0.15) is 59.7 Å². The summed E-state index contributed by atoms with van der Waals surface area (Å²) >= 11 is 0. The molecule has 0 atom stereocenters. The van der Waals surface area contributed by atoms with Gasteiger partial charge in [0.2, 0.25) is 11.8 Å². The minimum atomic E-state index is -5.15. The molecule has 0 saturated heterocycles. The number of hydrogen-bond donors (Lipinski definition) is 0. The molecular formula is C29H23F7N4O2. The number of hydrogen-bond acceptors (Lipinski definition) is 5. The molecule has 4 aromatic rings. The van der Waals surface area contributed by atoms with Crippen molar-refractivity contribution in [1.82, 2.24) is 15.2 Å². The fraction of sp³-hybridized carbons (Fsp3) is 0.310. The molecule has 220 valence electrons. The molecule has 5 rings (SSSR count). The maximum Gasteiger partial charge on any atom is 0.416 e. The molecular weight excluding hydrogens is 569 g/mol. The summed E-state index contributed by atoms with van der Waals surface area (Å²) in [6, 6.07) is 9.29. The quantitative estimate of drug-likeness (QED) is 0.205. The maximum atomic E-state index is 13.7. The van der Waals surface area contributed by atoms with E-state index in [2.05, 4.69) is 15.2 Å². The number of carbonyl (C=O) groups excluding carboxylic acids is 1. The first kappa shape index (κ1) is 29.2. The monoisotopic (exact) mass is 592 g/mol. The molecule has 2 aromatic carbocycles. The molecule has 0 N–H and O–H groups in total. The number of amides is 1. The van der Waals surface area contributed by atoms with E-state index in [9.17, 15) is 35.5 Å². The minimum absolute atomic E-state index is 0.0277. The highest BCUT2D eigenvalue weighted by Crippen LogP contribution is 2.38. The third kappa shape index (κ3) is 6.60. The SMILES string of the molecule is O=C(Cc1ccc(C(F)(F)F)cc1C(F)(F)F)N(Cc1nnc(-c2ccc(C3CCCC3)cn2)o1)c1ccc(F)cc1. The molecule has 2 heterocycles. The zero-order chi connectivity index (χ0) is 30.1. The maximum absolute atomic E-state index is 13.7. The molecule has 1 fully saturated rings. The van der Waals surface area contributed by atoms with Crippen LogP contribution in [0.2, 0.25) is 0 Å². The standard InChI is InChI=1S/C29H23F7N4O2/c30-21-8-10-22(11-9-21)40(26(41)13-18-5-7-20(28(31,32)33)14-23(18)29(34,35)36)16-25-38-39-27(42-25)24-12-6-19(15-37-24)17-3-1-2-4-17/h5-12,14-15,17H,1-4,13,16H2. The van der Waals surface area contributed by atoms with Crippen molar-refractivity contribution in [3.8, 4) is 11.6 Å². The Morgan fingerprint density at radius 2 is 1.62 bits per heavy atom. The predicted molar refractivity (Wildman–Crippen MR) is 136 cm³/mol. The van der Waals surface area contributed by atoms with Crippen molar-refractivity contribution in [2.24, 2.45) is 0 Å². The van der Waals surface area contributed by atoms with E-state index in [-0.39, 0.29) is 23.5 Å². The summed E-state index contributed by atoms with van der Waals surface area (Å²) in [7, 11) is 0. The van der Waals surface area contributed by atoms with Crippen LogP contribution in [0.15, 0.2) is 65.2 Å². The van der Waals surface area contributed by atoms with Gasteiger partial charge in [0, 0.05) is 11.9 Å². The third-order valence-corrected chi connectivity index (χ3v) is 7.12. The molecule has 1 aliphatic rings. The number of rotatable bonds is 7. The first-order chi connectivity index (χ1) is 19.9. The number of benzene rings is 2. The van der Waals surface area contributed by atoms with Gasteiger partial charge in [0.05, 0.1) is 17.5 Å². The van der Waals surface area contributed by atoms with Gasteiger partial charge in [-0.25, -0.2) is 4.39 Å². The second kappa shape index (κ2) is 11.5. The van der Waals surface area contributed by atoms with Gasteiger partial charge in [-0.1, -0.05) is 25.0 Å². The number of anilines is 1. The molecule has 2 aromatic heterocycles. The molecule has 13 heteroatoms. The summed E-state index contributed by atoms with van der Waals surface area (Å²) in [6.45, 7) is -0.403. The Balaban J connectivity index is 1.40. The van der Waals surface area contributed by atoms with E-state index in [1.807, 2.05) is 6.07 Å². The zero-order valence-electron chi connectivity index (χ0n) is 21.8. The van der Waals surface area contributed by atoms with Crippen molar-refractivity contribution in [3.05, 3.63) is 94.8 Å². The summed E-state index contributed by atoms with van der Waals surface area (Å²) < 4.78 is 99.6. The van der Waals surface area contributed by atoms with Crippen LogP contribution < -0.4 is 4.90 Å². The van der Waals surface area contributed by atoms with Crippen molar-refractivity contribution >= 4 is 11.6 Å². The smallest absolute Gasteiger partial charge is 0.416 e. The van der Waals surface area contributed by atoms with Crippen LogP contribution in [-0.4, -0.2) is 21.1 Å². The largest absolute Gasteiger partial charge is 0.417 e. The first-order valence-corrected chi connectivity index (χ1v) is 13.0. The molecule has 0 radical (unpaired) electrons. The zero-order valence-corrected chi connectivity index (χ0v) is 21.8. The van der Waals surface area contributed by atoms with Crippen LogP contribution in [0.4, 0.5) is 36.4 Å². The Labute approximate surface area is 235 Å². The third-order valence-electron chi connectivity index (χ3n) is 7.12. The van der Waals surface area contributed by atoms with Gasteiger partial charge in [0.15, 0.2) is 0 Å². The van der Waals surface area contributed by atoms with Gasteiger partial charge in [0.25, 0.3) is 5.89 Å². The van der Waals surface area contributed by atoms with E-state index in [0.717, 1.165) is 35.4 Å². The second-order valence-electron chi connectivity index (χ2n) is 9.96. The lowest BCUT2D eigenvalue weighted by atomic mass is 9.99. The van der Waals surface area contributed by atoms with E-state index >= 15 is 0 Å². The summed E-state index contributed by atoms with van der Waals surface area (Å²) in [5.41, 5.74) is -2.16. The van der Waals surface area contributed by atoms with Gasteiger partial charge < -0.3 is 9.32 Å². The average Bonchev–Trinajstić information content (AvgIpc) is 3.64. The van der Waals surface area contributed by atoms with Crippen LogP contribution in [0, 0.1) is 5.82 Å². The van der Waals surface area contributed by atoms with Crippen LogP contribution >= 0.6 is 0 Å². The van der Waals surface area contributed by atoms with E-state index < -0.39 is 53.7 Å². The average molecular weight is 593 g/mol. The number of aromatic nitrogens is 3. The lowest BCUT2D eigenvalue weighted by molar-refractivity contribution is -0.143. The fourth-order valence-electron chi connectivity index (χ4n) is 4.96. The number of carbonyl (C=O) groups is 1. The van der Waals surface area contributed by atoms with Crippen molar-refractivity contribution in [2.75, 3.05) is 4.90 Å². The lowest BCUT2D eigenvalue weighted by Crippen LogP contribution is -2.32. The van der Waals surface area contributed by atoms with Crippen molar-refractivity contribution in [2.45, 2.75) is 56.9 Å². The molecule has 1 aliphatic carbocycles. The molecule has 0 spiro atoms. The van der Waals surface area contributed by atoms with Crippen molar-refractivity contribution < 1.29 is 39.9 Å². The normalized spacial score (nSPS) is 14.4. The van der Waals surface area contributed by atoms with Gasteiger partial charge in [-0.05, 0) is 72.4 Å². The van der Waals surface area contributed by atoms with Gasteiger partial charge >= 0.3 is 12.4 Å². The fourth-order valence-corrected chi connectivity index (χ4v) is 4.96. The van der Waals surface area contributed by atoms with Gasteiger partial charge in [0.1, 0.15) is 18.1 Å². The Hall–Kier alpha value is -4.29. The molecule has 0 unspecified atom stereocenters. The number of pyridine rings is 1. The van der Waals surface area contributed by atoms with E-state index in [1.54, 1.807) is 12.3 Å². The van der Waals surface area contributed by atoms with E-state index in [4.69, 9.17) is 4.42 Å². The predicted octanol–water partition coefficient (Wildman–Crippen LogP) is 7.74. The molecule has 1 amide bonds. The Bertz CT molecular complexity index is 1540. The van der Waals surface area contributed by atoms with Gasteiger partial charge in [-0.3, -0.25) is 9.78 Å². The minimum Gasteiger partial charge on any atom is -0.417 e. The van der Waals surface area contributed by atoms with Crippen molar-refractivity contribution in [3.63, 3.8) is 0 Å². The van der Waals surface area contributed by atoms with Gasteiger partial charge in [-0.15, -0.1) is 10.2 Å². The summed E-state index contributed by atoms with van der Waals surface area (Å²) in [5, 5.41) is 7.90. The van der Waals surface area contributed by atoms with Crippen LogP contribution in [0.25, 0.3) is 11.6 Å². The second-order valence-corrected chi connectivity index (χ2v) is 9.96. The Kier molecular flexibility index (Phi) is 8.02. The molecule has 0 aliphatic heterocycles. The first-order valence-electron chi connectivity index (χ1n) is 13.0. The van der Waals surface area contributed by atoms with Crippen molar-refractivity contribution in [1.29, 1.82) is 0 Å². The number of nitrogens with zero attached hydrogens (tertiary/aromatic N) is 4. The number of alkyl halides is 6.